The van der Waals surface area contributed by atoms with Crippen LogP contribution in [0.4, 0.5) is 0 Å². The Bertz CT molecular complexity index is 580. The second-order valence-corrected chi connectivity index (χ2v) is 7.04. The van der Waals surface area contributed by atoms with E-state index in [-0.39, 0.29) is 17.5 Å². The molecule has 0 radical (unpaired) electrons. The minimum atomic E-state index is -0.292. The molecule has 0 bridgehead atoms. The Morgan fingerprint density at radius 3 is 2.44 bits per heavy atom. The Hall–Kier alpha value is -2.02. The number of nitriles is 1. The van der Waals surface area contributed by atoms with Crippen molar-refractivity contribution >= 4 is 5.97 Å². The number of ether oxygens (including phenoxy) is 2. The van der Waals surface area contributed by atoms with Crippen LogP contribution in [-0.4, -0.2) is 19.2 Å². The van der Waals surface area contributed by atoms with Gasteiger partial charge in [-0.1, -0.05) is 32.6 Å². The molecule has 0 heterocycles. The third-order valence-electron chi connectivity index (χ3n) is 5.24. The first-order chi connectivity index (χ1) is 12.1. The van der Waals surface area contributed by atoms with Crippen molar-refractivity contribution in [2.24, 2.45) is 5.41 Å². The summed E-state index contributed by atoms with van der Waals surface area (Å²) in [6, 6.07) is 9.51. The SMILES string of the molecule is CCCCCCC1(C#N)CCC(OC(=O)c2ccc(OC)cc2)CC1. The number of esters is 1. The van der Waals surface area contributed by atoms with Crippen molar-refractivity contribution in [1.29, 1.82) is 5.26 Å². The highest BCUT2D eigenvalue weighted by molar-refractivity contribution is 5.89. The topological polar surface area (TPSA) is 59.3 Å². The summed E-state index contributed by atoms with van der Waals surface area (Å²) in [5, 5.41) is 9.62. The van der Waals surface area contributed by atoms with E-state index in [9.17, 15) is 10.1 Å². The first-order valence-corrected chi connectivity index (χ1v) is 9.39. The van der Waals surface area contributed by atoms with Gasteiger partial charge in [0.2, 0.25) is 0 Å². The highest BCUT2D eigenvalue weighted by atomic mass is 16.5. The zero-order chi connectivity index (χ0) is 18.1. The van der Waals surface area contributed by atoms with Crippen LogP contribution in [0.2, 0.25) is 0 Å². The number of benzene rings is 1. The number of rotatable bonds is 8. The van der Waals surface area contributed by atoms with E-state index in [0.29, 0.717) is 5.56 Å². The van der Waals surface area contributed by atoms with Crippen LogP contribution in [0, 0.1) is 16.7 Å². The molecule has 0 amide bonds. The Balaban J connectivity index is 1.82. The highest BCUT2D eigenvalue weighted by Crippen LogP contribution is 2.41. The summed E-state index contributed by atoms with van der Waals surface area (Å²) in [5.74, 6) is 0.427. The average molecular weight is 343 g/mol. The molecular formula is C21H29NO3. The van der Waals surface area contributed by atoms with Crippen LogP contribution in [0.3, 0.4) is 0 Å². The predicted molar refractivity (Wildman–Crippen MR) is 97.5 cm³/mol. The molecule has 0 spiro atoms. The summed E-state index contributed by atoms with van der Waals surface area (Å²) in [7, 11) is 1.60. The van der Waals surface area contributed by atoms with Crippen LogP contribution in [0.5, 0.6) is 5.75 Å². The first-order valence-electron chi connectivity index (χ1n) is 9.39. The van der Waals surface area contributed by atoms with E-state index in [1.165, 1.54) is 19.3 Å². The van der Waals surface area contributed by atoms with Gasteiger partial charge < -0.3 is 9.47 Å². The van der Waals surface area contributed by atoms with E-state index in [4.69, 9.17) is 9.47 Å². The Kier molecular flexibility index (Phi) is 7.31. The molecular weight excluding hydrogens is 314 g/mol. The molecule has 0 aliphatic heterocycles. The number of unbranched alkanes of at least 4 members (excludes halogenated alkanes) is 3. The summed E-state index contributed by atoms with van der Waals surface area (Å²) >= 11 is 0. The Morgan fingerprint density at radius 2 is 1.88 bits per heavy atom. The lowest BCUT2D eigenvalue weighted by atomic mass is 9.71. The molecule has 1 aliphatic rings. The van der Waals surface area contributed by atoms with Gasteiger partial charge in [0.15, 0.2) is 0 Å². The van der Waals surface area contributed by atoms with Crippen molar-refractivity contribution in [3.05, 3.63) is 29.8 Å². The van der Waals surface area contributed by atoms with Crippen LogP contribution in [0.15, 0.2) is 24.3 Å². The third kappa shape index (κ3) is 5.49. The molecule has 4 heteroatoms. The van der Waals surface area contributed by atoms with Gasteiger partial charge in [-0.2, -0.15) is 5.26 Å². The van der Waals surface area contributed by atoms with Gasteiger partial charge in [-0.25, -0.2) is 4.79 Å². The number of nitrogens with zero attached hydrogens (tertiary/aromatic N) is 1. The largest absolute Gasteiger partial charge is 0.497 e. The molecule has 0 saturated heterocycles. The van der Waals surface area contributed by atoms with E-state index in [1.807, 2.05) is 0 Å². The van der Waals surface area contributed by atoms with E-state index < -0.39 is 0 Å². The highest BCUT2D eigenvalue weighted by Gasteiger charge is 2.36. The smallest absolute Gasteiger partial charge is 0.338 e. The summed E-state index contributed by atoms with van der Waals surface area (Å²) in [5.41, 5.74) is 0.328. The molecule has 1 aliphatic carbocycles. The fourth-order valence-corrected chi connectivity index (χ4v) is 3.52. The van der Waals surface area contributed by atoms with Gasteiger partial charge in [0.1, 0.15) is 11.9 Å². The van der Waals surface area contributed by atoms with Gasteiger partial charge in [0.05, 0.1) is 24.2 Å². The van der Waals surface area contributed by atoms with Crippen LogP contribution in [0.25, 0.3) is 0 Å². The van der Waals surface area contributed by atoms with Crippen molar-refractivity contribution in [3.63, 3.8) is 0 Å². The molecule has 136 valence electrons. The van der Waals surface area contributed by atoms with Crippen molar-refractivity contribution in [2.45, 2.75) is 70.8 Å². The maximum Gasteiger partial charge on any atom is 0.338 e. The predicted octanol–water partition coefficient (Wildman–Crippen LogP) is 5.27. The molecule has 2 rings (SSSR count). The Morgan fingerprint density at radius 1 is 1.20 bits per heavy atom. The van der Waals surface area contributed by atoms with E-state index >= 15 is 0 Å². The maximum absolute atomic E-state index is 12.3. The van der Waals surface area contributed by atoms with Gasteiger partial charge in [-0.15, -0.1) is 0 Å². The zero-order valence-electron chi connectivity index (χ0n) is 15.4. The standard InChI is InChI=1S/C21H29NO3/c1-3-4-5-6-13-21(16-22)14-11-19(12-15-21)25-20(23)17-7-9-18(24-2)10-8-17/h7-10,19H,3-6,11-15H2,1-2H3. The Labute approximate surface area is 151 Å². The maximum atomic E-state index is 12.3. The lowest BCUT2D eigenvalue weighted by molar-refractivity contribution is 0.0105. The number of hydrogen-bond donors (Lipinski definition) is 0. The number of carbonyl (C=O) groups excluding carboxylic acids is 1. The summed E-state index contributed by atoms with van der Waals surface area (Å²) < 4.78 is 10.7. The van der Waals surface area contributed by atoms with Gasteiger partial charge in [-0.3, -0.25) is 0 Å². The quantitative estimate of drug-likeness (QED) is 0.476. The van der Waals surface area contributed by atoms with E-state index in [0.717, 1.165) is 44.3 Å². The van der Waals surface area contributed by atoms with Crippen LogP contribution in [0.1, 0.15) is 75.1 Å². The average Bonchev–Trinajstić information content (AvgIpc) is 2.67. The molecule has 0 unspecified atom stereocenters. The molecule has 1 aromatic rings. The summed E-state index contributed by atoms with van der Waals surface area (Å²) in [4.78, 5) is 12.3. The minimum absolute atomic E-state index is 0.0771. The monoisotopic (exact) mass is 343 g/mol. The lowest BCUT2D eigenvalue weighted by Crippen LogP contribution is -2.31. The molecule has 0 aromatic heterocycles. The van der Waals surface area contributed by atoms with Crippen LogP contribution >= 0.6 is 0 Å². The fraction of sp³-hybridized carbons (Fsp3) is 0.619. The minimum Gasteiger partial charge on any atom is -0.497 e. The van der Waals surface area contributed by atoms with Crippen LogP contribution < -0.4 is 4.74 Å². The molecule has 25 heavy (non-hydrogen) atoms. The summed E-state index contributed by atoms with van der Waals surface area (Å²) in [6.07, 6.45) is 8.90. The van der Waals surface area contributed by atoms with E-state index in [2.05, 4.69) is 13.0 Å². The van der Waals surface area contributed by atoms with Gasteiger partial charge in [0.25, 0.3) is 0 Å². The van der Waals surface area contributed by atoms with Crippen molar-refractivity contribution in [2.75, 3.05) is 7.11 Å². The van der Waals surface area contributed by atoms with Crippen LogP contribution in [-0.2, 0) is 4.74 Å². The molecule has 1 aromatic carbocycles. The number of methoxy groups -OCH3 is 1. The number of carbonyl (C=O) groups is 1. The van der Waals surface area contributed by atoms with E-state index in [1.54, 1.807) is 31.4 Å². The van der Waals surface area contributed by atoms with Gasteiger partial charge in [-0.05, 0) is 56.4 Å². The molecule has 0 N–H and O–H groups in total. The second kappa shape index (κ2) is 9.46. The number of hydrogen-bond acceptors (Lipinski definition) is 4. The molecule has 1 fully saturated rings. The normalized spacial score (nSPS) is 22.8. The van der Waals surface area contributed by atoms with Crippen molar-refractivity contribution < 1.29 is 14.3 Å². The van der Waals surface area contributed by atoms with Crippen molar-refractivity contribution in [3.8, 4) is 11.8 Å². The molecule has 4 nitrogen and oxygen atoms in total. The second-order valence-electron chi connectivity index (χ2n) is 7.04. The zero-order valence-corrected chi connectivity index (χ0v) is 15.4. The third-order valence-corrected chi connectivity index (χ3v) is 5.24. The van der Waals surface area contributed by atoms with Gasteiger partial charge in [0, 0.05) is 0 Å². The molecule has 0 atom stereocenters. The summed E-state index contributed by atoms with van der Waals surface area (Å²) in [6.45, 7) is 2.20. The van der Waals surface area contributed by atoms with Crippen molar-refractivity contribution in [1.82, 2.24) is 0 Å². The lowest BCUT2D eigenvalue weighted by Gasteiger charge is -2.34. The molecule has 1 saturated carbocycles. The van der Waals surface area contributed by atoms with Gasteiger partial charge >= 0.3 is 5.97 Å². The fourth-order valence-electron chi connectivity index (χ4n) is 3.52. The first kappa shape index (κ1) is 19.3.